The molecular formula is C21H23N3O2. The topological polar surface area (TPSA) is 56.1 Å². The van der Waals surface area contributed by atoms with Gasteiger partial charge in [0.15, 0.2) is 6.61 Å². The number of benzene rings is 2. The number of fused-ring (bicyclic) bond motifs is 3. The quantitative estimate of drug-likeness (QED) is 0.772. The predicted octanol–water partition coefficient (Wildman–Crippen LogP) is 4.09. The van der Waals surface area contributed by atoms with Crippen LogP contribution in [0.25, 0.3) is 11.0 Å². The van der Waals surface area contributed by atoms with Crippen LogP contribution in [0.3, 0.4) is 0 Å². The molecule has 134 valence electrons. The summed E-state index contributed by atoms with van der Waals surface area (Å²) >= 11 is 0. The lowest BCUT2D eigenvalue weighted by molar-refractivity contribution is -0.118. The van der Waals surface area contributed by atoms with E-state index < -0.39 is 0 Å². The molecule has 2 heterocycles. The number of nitrogens with zero attached hydrogens (tertiary/aromatic N) is 2. The molecule has 1 aliphatic rings. The van der Waals surface area contributed by atoms with Gasteiger partial charge in [-0.1, -0.05) is 18.6 Å². The minimum absolute atomic E-state index is 0.0127. The van der Waals surface area contributed by atoms with Gasteiger partial charge in [0.05, 0.1) is 11.0 Å². The highest BCUT2D eigenvalue weighted by Crippen LogP contribution is 2.24. The third-order valence-corrected chi connectivity index (χ3v) is 4.75. The number of anilines is 1. The summed E-state index contributed by atoms with van der Waals surface area (Å²) in [4.78, 5) is 16.9. The third-order valence-electron chi connectivity index (χ3n) is 4.75. The number of carbonyl (C=O) groups is 1. The number of aromatic nitrogens is 2. The Balaban J connectivity index is 1.44. The zero-order chi connectivity index (χ0) is 17.9. The summed E-state index contributed by atoms with van der Waals surface area (Å²) in [5, 5.41) is 2.90. The Morgan fingerprint density at radius 3 is 3.00 bits per heavy atom. The Bertz CT molecular complexity index is 946. The molecule has 26 heavy (non-hydrogen) atoms. The molecular weight excluding hydrogens is 326 g/mol. The number of ether oxygens (including phenoxy) is 1. The van der Waals surface area contributed by atoms with E-state index in [4.69, 9.17) is 9.72 Å². The van der Waals surface area contributed by atoms with Crippen LogP contribution in [0.2, 0.25) is 0 Å². The molecule has 4 rings (SSSR count). The summed E-state index contributed by atoms with van der Waals surface area (Å²) < 4.78 is 7.87. The van der Waals surface area contributed by atoms with E-state index in [9.17, 15) is 4.79 Å². The number of rotatable bonds is 4. The molecule has 0 saturated heterocycles. The normalized spacial score (nSPS) is 13.9. The van der Waals surface area contributed by atoms with Gasteiger partial charge >= 0.3 is 0 Å². The summed E-state index contributed by atoms with van der Waals surface area (Å²) in [5.41, 5.74) is 3.95. The molecule has 2 aromatic carbocycles. The number of nitrogens with one attached hydrogen (secondary N) is 1. The Labute approximate surface area is 153 Å². The maximum absolute atomic E-state index is 12.2. The van der Waals surface area contributed by atoms with Crippen molar-refractivity contribution in [3.8, 4) is 5.75 Å². The fourth-order valence-electron chi connectivity index (χ4n) is 3.48. The van der Waals surface area contributed by atoms with E-state index in [1.807, 2.05) is 49.4 Å². The van der Waals surface area contributed by atoms with Crippen molar-refractivity contribution in [3.63, 3.8) is 0 Å². The second kappa shape index (κ2) is 7.20. The molecule has 0 saturated carbocycles. The van der Waals surface area contributed by atoms with Crippen LogP contribution in [0.5, 0.6) is 5.75 Å². The van der Waals surface area contributed by atoms with Crippen LogP contribution in [-0.2, 0) is 17.8 Å². The molecule has 0 atom stereocenters. The van der Waals surface area contributed by atoms with E-state index in [1.165, 1.54) is 19.3 Å². The minimum Gasteiger partial charge on any atom is -0.484 e. The first kappa shape index (κ1) is 16.6. The molecule has 0 bridgehead atoms. The summed E-state index contributed by atoms with van der Waals surface area (Å²) in [6.07, 6.45) is 4.69. The van der Waals surface area contributed by atoms with Gasteiger partial charge in [0.2, 0.25) is 0 Å². The van der Waals surface area contributed by atoms with Gasteiger partial charge in [0, 0.05) is 18.7 Å². The van der Waals surface area contributed by atoms with Crippen LogP contribution in [0, 0.1) is 6.92 Å². The van der Waals surface area contributed by atoms with Gasteiger partial charge in [-0.25, -0.2) is 4.98 Å². The molecule has 1 aliphatic heterocycles. The molecule has 0 unspecified atom stereocenters. The molecule has 1 N–H and O–H groups in total. The Morgan fingerprint density at radius 1 is 1.19 bits per heavy atom. The van der Waals surface area contributed by atoms with Gasteiger partial charge in [-0.05, 0) is 55.7 Å². The van der Waals surface area contributed by atoms with E-state index in [1.54, 1.807) is 0 Å². The van der Waals surface area contributed by atoms with Crippen molar-refractivity contribution in [1.29, 1.82) is 0 Å². The highest BCUT2D eigenvalue weighted by atomic mass is 16.5. The first-order chi connectivity index (χ1) is 12.7. The fourth-order valence-corrected chi connectivity index (χ4v) is 3.48. The second-order valence-electron chi connectivity index (χ2n) is 6.85. The summed E-state index contributed by atoms with van der Waals surface area (Å²) in [7, 11) is 0. The monoisotopic (exact) mass is 349 g/mol. The SMILES string of the molecule is Cc1cccc(OCC(=O)Nc2ccc3c(c2)nc2n3CCCCC2)c1. The Kier molecular flexibility index (Phi) is 4.61. The average Bonchev–Trinajstić information content (AvgIpc) is 2.80. The Morgan fingerprint density at radius 2 is 2.12 bits per heavy atom. The molecule has 1 amide bonds. The van der Waals surface area contributed by atoms with Crippen molar-refractivity contribution in [2.24, 2.45) is 0 Å². The van der Waals surface area contributed by atoms with E-state index in [2.05, 4.69) is 9.88 Å². The zero-order valence-electron chi connectivity index (χ0n) is 15.0. The largest absolute Gasteiger partial charge is 0.484 e. The fraction of sp³-hybridized carbons (Fsp3) is 0.333. The van der Waals surface area contributed by atoms with Crippen LogP contribution in [0.4, 0.5) is 5.69 Å². The van der Waals surface area contributed by atoms with Crippen LogP contribution < -0.4 is 10.1 Å². The summed E-state index contributed by atoms with van der Waals surface area (Å²) in [5.74, 6) is 1.68. The van der Waals surface area contributed by atoms with Crippen LogP contribution >= 0.6 is 0 Å². The van der Waals surface area contributed by atoms with Crippen LogP contribution in [-0.4, -0.2) is 22.1 Å². The Hall–Kier alpha value is -2.82. The molecule has 3 aromatic rings. The van der Waals surface area contributed by atoms with Gasteiger partial charge in [-0.15, -0.1) is 0 Å². The van der Waals surface area contributed by atoms with Crippen molar-refractivity contribution in [2.75, 3.05) is 11.9 Å². The van der Waals surface area contributed by atoms with Gasteiger partial charge in [-0.3, -0.25) is 4.79 Å². The van der Waals surface area contributed by atoms with Crippen molar-refractivity contribution < 1.29 is 9.53 Å². The van der Waals surface area contributed by atoms with Crippen molar-refractivity contribution in [3.05, 3.63) is 53.9 Å². The van der Waals surface area contributed by atoms with E-state index >= 15 is 0 Å². The zero-order valence-corrected chi connectivity index (χ0v) is 15.0. The molecule has 1 aromatic heterocycles. The maximum Gasteiger partial charge on any atom is 0.262 e. The lowest BCUT2D eigenvalue weighted by Crippen LogP contribution is -2.20. The molecule has 5 nitrogen and oxygen atoms in total. The van der Waals surface area contributed by atoms with Crippen LogP contribution in [0.15, 0.2) is 42.5 Å². The van der Waals surface area contributed by atoms with Crippen molar-refractivity contribution in [1.82, 2.24) is 9.55 Å². The van der Waals surface area contributed by atoms with Gasteiger partial charge in [0.25, 0.3) is 5.91 Å². The van der Waals surface area contributed by atoms with Gasteiger partial charge in [-0.2, -0.15) is 0 Å². The highest BCUT2D eigenvalue weighted by Gasteiger charge is 2.14. The first-order valence-corrected chi connectivity index (χ1v) is 9.17. The number of aryl methyl sites for hydroxylation is 3. The van der Waals surface area contributed by atoms with Crippen molar-refractivity contribution >= 4 is 22.6 Å². The first-order valence-electron chi connectivity index (χ1n) is 9.17. The summed E-state index contributed by atoms with van der Waals surface area (Å²) in [6, 6.07) is 13.6. The highest BCUT2D eigenvalue weighted by molar-refractivity contribution is 5.94. The maximum atomic E-state index is 12.2. The summed E-state index contributed by atoms with van der Waals surface area (Å²) in [6.45, 7) is 3.01. The number of carbonyl (C=O) groups excluding carboxylic acids is 1. The van der Waals surface area contributed by atoms with E-state index in [-0.39, 0.29) is 12.5 Å². The smallest absolute Gasteiger partial charge is 0.262 e. The standard InChI is InChI=1S/C21H23N3O2/c1-15-6-5-7-17(12-15)26-14-21(25)22-16-9-10-19-18(13-16)23-20-8-3-2-4-11-24(19)20/h5-7,9-10,12-13H,2-4,8,11,14H2,1H3,(H,22,25). The van der Waals surface area contributed by atoms with Crippen molar-refractivity contribution in [2.45, 2.75) is 39.2 Å². The molecule has 0 spiro atoms. The molecule has 0 aliphatic carbocycles. The number of hydrogen-bond donors (Lipinski definition) is 1. The minimum atomic E-state index is -0.174. The lowest BCUT2D eigenvalue weighted by atomic mass is 10.2. The number of imidazole rings is 1. The van der Waals surface area contributed by atoms with E-state index in [0.29, 0.717) is 5.75 Å². The van der Waals surface area contributed by atoms with Crippen LogP contribution in [0.1, 0.15) is 30.7 Å². The molecule has 0 fully saturated rings. The van der Waals surface area contributed by atoms with E-state index in [0.717, 1.165) is 41.1 Å². The second-order valence-corrected chi connectivity index (χ2v) is 6.85. The predicted molar refractivity (Wildman–Crippen MR) is 103 cm³/mol. The average molecular weight is 349 g/mol. The van der Waals surface area contributed by atoms with Gasteiger partial charge in [0.1, 0.15) is 11.6 Å². The number of amides is 1. The number of hydrogen-bond acceptors (Lipinski definition) is 3. The molecule has 0 radical (unpaired) electrons. The van der Waals surface area contributed by atoms with Gasteiger partial charge < -0.3 is 14.6 Å². The molecule has 5 heteroatoms. The lowest BCUT2D eigenvalue weighted by Gasteiger charge is -2.08. The third kappa shape index (κ3) is 3.57.